The zero-order valence-electron chi connectivity index (χ0n) is 19.0. The van der Waals surface area contributed by atoms with E-state index >= 15 is 0 Å². The molecular formula is C26H24ClInN5O. The van der Waals surface area contributed by atoms with Gasteiger partial charge in [-0.05, 0) is 0 Å². The number of hydrogen-bond donors (Lipinski definition) is 0. The van der Waals surface area contributed by atoms with Crippen molar-refractivity contribution in [2.75, 3.05) is 31.1 Å². The van der Waals surface area contributed by atoms with E-state index in [9.17, 15) is 4.79 Å². The number of benzene rings is 2. The summed E-state index contributed by atoms with van der Waals surface area (Å²) in [6.07, 6.45) is 4.05. The van der Waals surface area contributed by atoms with Gasteiger partial charge in [-0.15, -0.1) is 0 Å². The Bertz CT molecular complexity index is 1330. The summed E-state index contributed by atoms with van der Waals surface area (Å²) in [5.74, 6) is 0.807. The molecule has 0 atom stereocenters. The van der Waals surface area contributed by atoms with Crippen molar-refractivity contribution in [1.82, 2.24) is 15.1 Å². The van der Waals surface area contributed by atoms with Gasteiger partial charge in [0.05, 0.1) is 0 Å². The number of aromatic nitrogens is 2. The topological polar surface area (TPSA) is 61.7 Å². The maximum atomic E-state index is 12.0. The van der Waals surface area contributed by atoms with Crippen molar-refractivity contribution < 1.29 is 4.79 Å². The minimum absolute atomic E-state index is 0.0310. The first-order valence-electron chi connectivity index (χ1n) is 11.3. The van der Waals surface area contributed by atoms with Crippen LogP contribution in [0.1, 0.15) is 23.7 Å². The van der Waals surface area contributed by atoms with E-state index in [1.54, 1.807) is 0 Å². The summed E-state index contributed by atoms with van der Waals surface area (Å²) in [4.78, 5) is 16.1. The van der Waals surface area contributed by atoms with Crippen molar-refractivity contribution >= 4 is 69.1 Å². The third-order valence-electron chi connectivity index (χ3n) is 6.39. The number of amides is 1. The van der Waals surface area contributed by atoms with E-state index in [2.05, 4.69) is 44.7 Å². The number of hydrogen-bond acceptors (Lipinski definition) is 5. The van der Waals surface area contributed by atoms with Crippen molar-refractivity contribution in [2.24, 2.45) is 2.98 Å². The number of anilines is 1. The molecule has 6 nitrogen and oxygen atoms in total. The van der Waals surface area contributed by atoms with Gasteiger partial charge >= 0.3 is 210 Å². The minimum atomic E-state index is -1.05. The Morgan fingerprint density at radius 2 is 1.88 bits per heavy atom. The number of nitrogens with zero attached hydrogens (tertiary/aromatic N) is 5. The molecule has 34 heavy (non-hydrogen) atoms. The van der Waals surface area contributed by atoms with Crippen LogP contribution in [0.2, 0.25) is 5.02 Å². The molecular weight excluding hydrogens is 549 g/mol. The van der Waals surface area contributed by atoms with Gasteiger partial charge in [-0.3, -0.25) is 0 Å². The quantitative estimate of drug-likeness (QED) is 0.431. The molecule has 0 bridgehead atoms. The van der Waals surface area contributed by atoms with Crippen LogP contribution in [0, 0.1) is 0 Å². The zero-order chi connectivity index (χ0) is 23.7. The van der Waals surface area contributed by atoms with Gasteiger partial charge in [0.25, 0.3) is 0 Å². The van der Waals surface area contributed by atoms with Crippen molar-refractivity contribution in [2.45, 2.75) is 13.3 Å². The summed E-state index contributed by atoms with van der Waals surface area (Å²) >= 11 is 5.80. The molecule has 0 saturated carbocycles. The number of fused-ring (bicyclic) bond motifs is 1. The summed E-state index contributed by atoms with van der Waals surface area (Å²) in [6.45, 7) is 8.43. The van der Waals surface area contributed by atoms with E-state index in [1.165, 1.54) is 15.0 Å². The molecule has 8 heteroatoms. The van der Waals surface area contributed by atoms with Crippen LogP contribution in [0.25, 0.3) is 16.3 Å². The average Bonchev–Trinajstić information content (AvgIpc) is 3.30. The molecule has 1 saturated heterocycles. The molecule has 1 radical (unpaired) electrons. The fraction of sp³-hybridized carbons (Fsp3) is 0.231. The van der Waals surface area contributed by atoms with Crippen LogP contribution in [-0.2, 0) is 11.2 Å². The normalized spacial score (nSPS) is 15.7. The molecule has 0 unspecified atom stereocenters. The number of carbonyl (C=O) groups excluding carboxylic acids is 1. The summed E-state index contributed by atoms with van der Waals surface area (Å²) in [7, 11) is 0. The first-order chi connectivity index (χ1) is 16.5. The standard InChI is InChI=1S/C26H24ClN5O.In/c1-3-19(17-28)20-15-22-21(16-23(20)27)24(14-18-8-6-5-7-9-18)29-30-26(22)32-12-10-31(11-13-32)25(33)4-2;/h4-9,15-17H,2,10-14H2,1H3;/q-1;+1. The van der Waals surface area contributed by atoms with E-state index in [0.29, 0.717) is 37.6 Å². The fourth-order valence-electron chi connectivity index (χ4n) is 4.52. The third kappa shape index (κ3) is 4.51. The molecule has 3 heterocycles. The van der Waals surface area contributed by atoms with Crippen LogP contribution in [0.3, 0.4) is 0 Å². The predicted octanol–water partition coefficient (Wildman–Crippen LogP) is 4.14. The monoisotopic (exact) mass is 572 g/mol. The van der Waals surface area contributed by atoms with E-state index < -0.39 is 23.2 Å². The third-order valence-corrected chi connectivity index (χ3v) is 9.55. The van der Waals surface area contributed by atoms with Crippen LogP contribution < -0.4 is 4.90 Å². The van der Waals surface area contributed by atoms with E-state index in [-0.39, 0.29) is 5.91 Å². The second-order valence-electron chi connectivity index (χ2n) is 8.53. The van der Waals surface area contributed by atoms with Crippen LogP contribution in [-0.4, -0.2) is 76.6 Å². The Morgan fingerprint density at radius 3 is 2.56 bits per heavy atom. The van der Waals surface area contributed by atoms with E-state index in [1.807, 2.05) is 35.4 Å². The van der Waals surface area contributed by atoms with Gasteiger partial charge < -0.3 is 0 Å². The molecule has 2 aromatic carbocycles. The number of carbonyl (C=O) groups is 1. The number of allylic oxidation sites excluding steroid dienone is 2. The van der Waals surface area contributed by atoms with Crippen LogP contribution in [0.5, 0.6) is 0 Å². The van der Waals surface area contributed by atoms with Crippen molar-refractivity contribution in [1.29, 1.82) is 0 Å². The summed E-state index contributed by atoms with van der Waals surface area (Å²) < 4.78 is 6.00. The summed E-state index contributed by atoms with van der Waals surface area (Å²) in [5, 5.41) is 12.1. The predicted molar refractivity (Wildman–Crippen MR) is 140 cm³/mol. The fourth-order valence-corrected chi connectivity index (χ4v) is 7.11. The Kier molecular flexibility index (Phi) is 6.75. The Morgan fingerprint density at radius 1 is 1.12 bits per heavy atom. The maximum absolute atomic E-state index is 12.0. The average molecular weight is 573 g/mol. The van der Waals surface area contributed by atoms with Gasteiger partial charge in [-0.2, -0.15) is 0 Å². The first-order valence-corrected chi connectivity index (χ1v) is 14.8. The molecule has 5 rings (SSSR count). The van der Waals surface area contributed by atoms with Crippen molar-refractivity contribution in [3.8, 4) is 0 Å². The van der Waals surface area contributed by atoms with Crippen LogP contribution in [0.4, 0.5) is 5.82 Å². The van der Waals surface area contributed by atoms with E-state index in [0.717, 1.165) is 33.4 Å². The second-order valence-corrected chi connectivity index (χ2v) is 13.0. The van der Waals surface area contributed by atoms with Crippen molar-refractivity contribution in [3.63, 3.8) is 0 Å². The number of rotatable bonds is 5. The molecule has 1 fully saturated rings. The molecule has 3 aromatic rings. The SMILES string of the molecule is C=CC(=O)N1CCN(c2nnc(Cc3ccccc3)c3cc(Cl)c(C4=[C](C)[In][N]=C4)cc23)CC1. The first kappa shape index (κ1) is 23.1. The Hall–Kier alpha value is -2.64. The Balaban J connectivity index is 1.60. The van der Waals surface area contributed by atoms with Gasteiger partial charge in [-0.25, -0.2) is 0 Å². The molecule has 0 spiro atoms. The second kappa shape index (κ2) is 9.92. The molecule has 0 aliphatic carbocycles. The molecule has 169 valence electrons. The molecule has 1 aromatic heterocycles. The molecule has 2 aliphatic heterocycles. The zero-order valence-corrected chi connectivity index (χ0v) is 23.1. The molecule has 1 amide bonds. The van der Waals surface area contributed by atoms with Gasteiger partial charge in [0.1, 0.15) is 0 Å². The van der Waals surface area contributed by atoms with E-state index in [4.69, 9.17) is 16.7 Å². The molecule has 0 N–H and O–H groups in total. The van der Waals surface area contributed by atoms with Gasteiger partial charge in [0.2, 0.25) is 0 Å². The van der Waals surface area contributed by atoms with Crippen molar-refractivity contribution in [3.05, 3.63) is 80.3 Å². The summed E-state index contributed by atoms with van der Waals surface area (Å²) in [6, 6.07) is 14.5. The van der Waals surface area contributed by atoms with Crippen LogP contribution >= 0.6 is 11.6 Å². The van der Waals surface area contributed by atoms with Crippen LogP contribution in [0.15, 0.2) is 61.4 Å². The number of halogens is 1. The van der Waals surface area contributed by atoms with Gasteiger partial charge in [-0.1, -0.05) is 6.58 Å². The number of piperazine rings is 1. The molecule has 2 aliphatic rings. The Labute approximate surface area is 215 Å². The van der Waals surface area contributed by atoms with Gasteiger partial charge in [0.15, 0.2) is 0 Å². The van der Waals surface area contributed by atoms with Gasteiger partial charge in [0, 0.05) is 0 Å². The summed E-state index contributed by atoms with van der Waals surface area (Å²) in [5.41, 5.74) is 4.25.